The number of amides is 1. The lowest BCUT2D eigenvalue weighted by Gasteiger charge is -2.17. The average molecular weight is 251 g/mol. The fourth-order valence-corrected chi connectivity index (χ4v) is 2.23. The Bertz CT molecular complexity index is 513. The molecule has 4 nitrogen and oxygen atoms in total. The minimum Gasteiger partial charge on any atom is -0.481 e. The summed E-state index contributed by atoms with van der Waals surface area (Å²) < 4.78 is 13.4. The van der Waals surface area contributed by atoms with E-state index in [0.29, 0.717) is 24.2 Å². The number of nitrogens with zero attached hydrogens (tertiary/aromatic N) is 1. The van der Waals surface area contributed by atoms with E-state index in [4.69, 9.17) is 5.11 Å². The molecule has 1 aromatic carbocycles. The van der Waals surface area contributed by atoms with Gasteiger partial charge in [-0.3, -0.25) is 9.59 Å². The van der Waals surface area contributed by atoms with Crippen LogP contribution in [-0.2, 0) is 16.0 Å². The van der Waals surface area contributed by atoms with Crippen LogP contribution in [-0.4, -0.2) is 23.5 Å². The van der Waals surface area contributed by atoms with Crippen molar-refractivity contribution in [1.82, 2.24) is 0 Å². The highest BCUT2D eigenvalue weighted by Gasteiger charge is 2.26. The molecule has 0 unspecified atom stereocenters. The third-order valence-corrected chi connectivity index (χ3v) is 3.24. The van der Waals surface area contributed by atoms with E-state index in [1.807, 2.05) is 0 Å². The van der Waals surface area contributed by atoms with Gasteiger partial charge in [0.15, 0.2) is 0 Å². The monoisotopic (exact) mass is 251 g/mol. The highest BCUT2D eigenvalue weighted by atomic mass is 19.1. The molecule has 0 fully saturated rings. The zero-order chi connectivity index (χ0) is 13.3. The smallest absolute Gasteiger partial charge is 0.303 e. The van der Waals surface area contributed by atoms with Crippen LogP contribution in [0.1, 0.15) is 24.0 Å². The molecule has 1 amide bonds. The second kappa shape index (κ2) is 4.76. The standard InChI is InChI=1S/C13H14FNO3/c1-8-9-6-7-15(11(9)3-2-10(8)14)12(16)4-5-13(17)18/h2-3H,4-7H2,1H3,(H,17,18). The molecule has 0 aromatic heterocycles. The van der Waals surface area contributed by atoms with E-state index in [1.54, 1.807) is 17.9 Å². The molecule has 1 N–H and O–H groups in total. The maximum Gasteiger partial charge on any atom is 0.303 e. The third kappa shape index (κ3) is 2.20. The molecule has 1 heterocycles. The predicted octanol–water partition coefficient (Wildman–Crippen LogP) is 1.89. The summed E-state index contributed by atoms with van der Waals surface area (Å²) in [6.07, 6.45) is 0.424. The fourth-order valence-electron chi connectivity index (χ4n) is 2.23. The van der Waals surface area contributed by atoms with Gasteiger partial charge in [-0.25, -0.2) is 4.39 Å². The second-order valence-electron chi connectivity index (χ2n) is 4.36. The number of fused-ring (bicyclic) bond motifs is 1. The molecule has 1 aromatic rings. The van der Waals surface area contributed by atoms with Crippen LogP contribution in [0.15, 0.2) is 12.1 Å². The molecular weight excluding hydrogens is 237 g/mol. The summed E-state index contributed by atoms with van der Waals surface area (Å²) in [6, 6.07) is 2.93. The Labute approximate surface area is 104 Å². The first-order chi connectivity index (χ1) is 8.50. The van der Waals surface area contributed by atoms with Crippen LogP contribution >= 0.6 is 0 Å². The molecule has 96 valence electrons. The topological polar surface area (TPSA) is 57.6 Å². The second-order valence-corrected chi connectivity index (χ2v) is 4.36. The Morgan fingerprint density at radius 1 is 1.39 bits per heavy atom. The van der Waals surface area contributed by atoms with E-state index in [-0.39, 0.29) is 24.6 Å². The van der Waals surface area contributed by atoms with Crippen LogP contribution in [0.4, 0.5) is 10.1 Å². The van der Waals surface area contributed by atoms with Crippen LogP contribution in [0.2, 0.25) is 0 Å². The SMILES string of the molecule is Cc1c(F)ccc2c1CCN2C(=O)CCC(=O)O. The molecule has 1 aliphatic heterocycles. The van der Waals surface area contributed by atoms with E-state index >= 15 is 0 Å². The summed E-state index contributed by atoms with van der Waals surface area (Å²) in [7, 11) is 0. The van der Waals surface area contributed by atoms with Gasteiger partial charge < -0.3 is 10.0 Å². The molecule has 0 atom stereocenters. The highest BCUT2D eigenvalue weighted by Crippen LogP contribution is 2.32. The Kier molecular flexibility index (Phi) is 3.32. The first kappa shape index (κ1) is 12.5. The summed E-state index contributed by atoms with van der Waals surface area (Å²) in [5, 5.41) is 8.56. The molecule has 2 rings (SSSR count). The normalized spacial score (nSPS) is 13.6. The molecule has 0 saturated heterocycles. The van der Waals surface area contributed by atoms with Crippen molar-refractivity contribution >= 4 is 17.6 Å². The molecule has 0 spiro atoms. The number of hydrogen-bond donors (Lipinski definition) is 1. The van der Waals surface area contributed by atoms with Crippen molar-refractivity contribution in [3.05, 3.63) is 29.1 Å². The Morgan fingerprint density at radius 3 is 2.78 bits per heavy atom. The zero-order valence-corrected chi connectivity index (χ0v) is 10.1. The van der Waals surface area contributed by atoms with E-state index in [2.05, 4.69) is 0 Å². The van der Waals surface area contributed by atoms with Crippen LogP contribution in [0.25, 0.3) is 0 Å². The van der Waals surface area contributed by atoms with Gasteiger partial charge in [0.2, 0.25) is 5.91 Å². The Hall–Kier alpha value is -1.91. The molecule has 5 heteroatoms. The van der Waals surface area contributed by atoms with Gasteiger partial charge >= 0.3 is 5.97 Å². The third-order valence-electron chi connectivity index (χ3n) is 3.24. The summed E-state index contributed by atoms with van der Waals surface area (Å²) in [6.45, 7) is 2.19. The number of carbonyl (C=O) groups excluding carboxylic acids is 1. The Balaban J connectivity index is 2.19. The number of anilines is 1. The van der Waals surface area contributed by atoms with Crippen molar-refractivity contribution in [2.24, 2.45) is 0 Å². The quantitative estimate of drug-likeness (QED) is 0.892. The van der Waals surface area contributed by atoms with Crippen molar-refractivity contribution in [3.63, 3.8) is 0 Å². The van der Waals surface area contributed by atoms with E-state index in [1.165, 1.54) is 6.07 Å². The van der Waals surface area contributed by atoms with Gasteiger partial charge in [-0.1, -0.05) is 0 Å². The van der Waals surface area contributed by atoms with Gasteiger partial charge in [0.1, 0.15) is 5.82 Å². The van der Waals surface area contributed by atoms with Crippen molar-refractivity contribution in [2.75, 3.05) is 11.4 Å². The maximum absolute atomic E-state index is 13.4. The van der Waals surface area contributed by atoms with Gasteiger partial charge in [0.05, 0.1) is 6.42 Å². The van der Waals surface area contributed by atoms with E-state index < -0.39 is 5.97 Å². The largest absolute Gasteiger partial charge is 0.481 e. The van der Waals surface area contributed by atoms with Crippen molar-refractivity contribution in [1.29, 1.82) is 0 Å². The lowest BCUT2D eigenvalue weighted by atomic mass is 10.1. The fraction of sp³-hybridized carbons (Fsp3) is 0.385. The van der Waals surface area contributed by atoms with Crippen LogP contribution in [0.3, 0.4) is 0 Å². The number of carboxylic acids is 1. The van der Waals surface area contributed by atoms with Gasteiger partial charge in [-0.15, -0.1) is 0 Å². The number of aliphatic carboxylic acids is 1. The lowest BCUT2D eigenvalue weighted by molar-refractivity contribution is -0.138. The number of carbonyl (C=O) groups is 2. The van der Waals surface area contributed by atoms with Crippen molar-refractivity contribution in [2.45, 2.75) is 26.2 Å². The van der Waals surface area contributed by atoms with Crippen LogP contribution < -0.4 is 4.90 Å². The summed E-state index contributed by atoms with van der Waals surface area (Å²) in [4.78, 5) is 23.9. The van der Waals surface area contributed by atoms with Crippen molar-refractivity contribution in [3.8, 4) is 0 Å². The zero-order valence-electron chi connectivity index (χ0n) is 10.1. The van der Waals surface area contributed by atoms with Crippen LogP contribution in [0.5, 0.6) is 0 Å². The van der Waals surface area contributed by atoms with Crippen LogP contribution in [0, 0.1) is 12.7 Å². The summed E-state index contributed by atoms with van der Waals surface area (Å²) >= 11 is 0. The number of carboxylic acid groups (broad SMARTS) is 1. The first-order valence-electron chi connectivity index (χ1n) is 5.81. The number of hydrogen-bond acceptors (Lipinski definition) is 2. The van der Waals surface area contributed by atoms with E-state index in [0.717, 1.165) is 5.56 Å². The highest BCUT2D eigenvalue weighted by molar-refractivity contribution is 5.96. The number of halogens is 1. The maximum atomic E-state index is 13.4. The molecule has 0 aliphatic carbocycles. The molecule has 0 radical (unpaired) electrons. The molecule has 18 heavy (non-hydrogen) atoms. The predicted molar refractivity (Wildman–Crippen MR) is 64.1 cm³/mol. The van der Waals surface area contributed by atoms with E-state index in [9.17, 15) is 14.0 Å². The summed E-state index contributed by atoms with van der Waals surface area (Å²) in [5.41, 5.74) is 2.13. The first-order valence-corrected chi connectivity index (χ1v) is 5.81. The lowest BCUT2D eigenvalue weighted by Crippen LogP contribution is -2.29. The number of benzene rings is 1. The minimum atomic E-state index is -0.988. The number of rotatable bonds is 3. The average Bonchev–Trinajstić information content (AvgIpc) is 2.75. The van der Waals surface area contributed by atoms with Crippen molar-refractivity contribution < 1.29 is 19.1 Å². The van der Waals surface area contributed by atoms with Gasteiger partial charge in [0, 0.05) is 18.7 Å². The molecule has 0 saturated carbocycles. The molecule has 0 bridgehead atoms. The molecule has 1 aliphatic rings. The minimum absolute atomic E-state index is 0.0226. The van der Waals surface area contributed by atoms with Gasteiger partial charge in [-0.2, -0.15) is 0 Å². The van der Waals surface area contributed by atoms with Gasteiger partial charge in [0.25, 0.3) is 0 Å². The summed E-state index contributed by atoms with van der Waals surface area (Å²) in [5.74, 6) is -1.48. The molecular formula is C13H14FNO3. The Morgan fingerprint density at radius 2 is 2.11 bits per heavy atom. The van der Waals surface area contributed by atoms with Gasteiger partial charge in [-0.05, 0) is 36.6 Å².